The number of carboxylic acid groups (broad SMARTS) is 1. The molecule has 1 fully saturated rings. The molecule has 7 aromatic rings. The Morgan fingerprint density at radius 1 is 0.910 bits per heavy atom. The number of aryl methyl sites for hydroxylation is 5. The van der Waals surface area contributed by atoms with Gasteiger partial charge in [-0.2, -0.15) is 0 Å². The highest BCUT2D eigenvalue weighted by molar-refractivity contribution is 6.35. The maximum Gasteiger partial charge on any atom is 0.352 e. The lowest BCUT2D eigenvalue weighted by atomic mass is 9.97. The number of pyridine rings is 1. The van der Waals surface area contributed by atoms with Gasteiger partial charge >= 0.3 is 5.97 Å². The number of carboxylic acids is 1. The van der Waals surface area contributed by atoms with Crippen molar-refractivity contribution in [2.75, 3.05) is 65.4 Å². The molecule has 5 heterocycles. The molecule has 3 aromatic carbocycles. The molecule has 13 nitrogen and oxygen atoms in total. The Balaban J connectivity index is 1.22. The number of piperazine rings is 1. The Bertz CT molecular complexity index is 2930. The lowest BCUT2D eigenvalue weighted by Crippen LogP contribution is -2.44. The van der Waals surface area contributed by atoms with Crippen molar-refractivity contribution >= 4 is 63.0 Å². The summed E-state index contributed by atoms with van der Waals surface area (Å²) in [6.07, 6.45) is 3.85. The number of ether oxygens (including phenoxy) is 2. The largest absolute Gasteiger partial charge is 0.496 e. The van der Waals surface area contributed by atoms with Gasteiger partial charge in [-0.25, -0.2) is 14.8 Å². The number of likely N-dealkylation sites (N-methyl/N-ethyl adjacent to an activating group) is 2. The number of carbonyl (C=O) groups is 2. The third kappa shape index (κ3) is 9.60. The molecule has 1 N–H and O–H groups in total. The van der Waals surface area contributed by atoms with Gasteiger partial charge in [-0.3, -0.25) is 14.7 Å². The predicted molar refractivity (Wildman–Crippen MR) is 267 cm³/mol. The molecule has 4 aromatic heterocycles. The normalized spacial score (nSPS) is 13.9. The summed E-state index contributed by atoms with van der Waals surface area (Å²) in [6, 6.07) is 18.6. The van der Waals surface area contributed by atoms with Crippen molar-refractivity contribution in [3.05, 3.63) is 128 Å². The molecule has 1 aliphatic rings. The van der Waals surface area contributed by atoms with Crippen LogP contribution in [0, 0.1) is 27.7 Å². The molecule has 0 saturated carbocycles. The van der Waals surface area contributed by atoms with E-state index in [0.717, 1.165) is 105 Å². The van der Waals surface area contributed by atoms with Gasteiger partial charge in [-0.1, -0.05) is 35.3 Å². The molecule has 67 heavy (non-hydrogen) atoms. The molecular weight excluding hydrogens is 888 g/mol. The van der Waals surface area contributed by atoms with E-state index in [9.17, 15) is 14.7 Å². The van der Waals surface area contributed by atoms with Gasteiger partial charge in [-0.05, 0) is 120 Å². The maximum absolute atomic E-state index is 13.7. The molecule has 0 bridgehead atoms. The van der Waals surface area contributed by atoms with Gasteiger partial charge in [0.2, 0.25) is 0 Å². The summed E-state index contributed by atoms with van der Waals surface area (Å²) in [5, 5.41) is 13.3. The Morgan fingerprint density at radius 2 is 1.63 bits per heavy atom. The SMILES string of the molecule is COc1ccc(N(C)C[C@@H](C)n2c(C=O)c(CCCOc3cc(C)c(Cl)c(C)c3)c3ccc(Cl)c(-c4c(C)nc(CN5CCN(C)CC5)nc4C)c32)c2c1cc(C(=O)O)n2Cc1ccccn1. The highest BCUT2D eigenvalue weighted by Gasteiger charge is 2.29. The van der Waals surface area contributed by atoms with Crippen molar-refractivity contribution in [3.8, 4) is 22.6 Å². The van der Waals surface area contributed by atoms with Crippen LogP contribution in [0.1, 0.15) is 80.0 Å². The van der Waals surface area contributed by atoms with Crippen LogP contribution < -0.4 is 14.4 Å². The van der Waals surface area contributed by atoms with Crippen LogP contribution in [-0.2, 0) is 19.5 Å². The monoisotopic (exact) mass is 944 g/mol. The first-order chi connectivity index (χ1) is 32.2. The lowest BCUT2D eigenvalue weighted by molar-refractivity contribution is 0.0686. The quantitative estimate of drug-likeness (QED) is 0.0692. The molecule has 0 amide bonds. The molecule has 350 valence electrons. The zero-order chi connectivity index (χ0) is 47.7. The van der Waals surface area contributed by atoms with Crippen molar-refractivity contribution in [1.82, 2.24) is 33.9 Å². The fraction of sp³-hybridized carbons (Fsp3) is 0.365. The third-order valence-corrected chi connectivity index (χ3v) is 13.9. The molecular formula is C52H58Cl2N8O5. The van der Waals surface area contributed by atoms with E-state index in [1.165, 1.54) is 0 Å². The van der Waals surface area contributed by atoms with Gasteiger partial charge < -0.3 is 33.5 Å². The molecule has 0 spiro atoms. The smallest absolute Gasteiger partial charge is 0.352 e. The fourth-order valence-electron chi connectivity index (χ4n) is 9.80. The van der Waals surface area contributed by atoms with E-state index in [1.807, 2.05) is 89.3 Å². The summed E-state index contributed by atoms with van der Waals surface area (Å²) in [7, 11) is 5.71. The van der Waals surface area contributed by atoms with Gasteiger partial charge in [-0.15, -0.1) is 0 Å². The number of rotatable bonds is 17. The number of hydrogen-bond donors (Lipinski definition) is 1. The van der Waals surface area contributed by atoms with E-state index < -0.39 is 5.97 Å². The Hall–Kier alpha value is -5.99. The van der Waals surface area contributed by atoms with E-state index >= 15 is 0 Å². The van der Waals surface area contributed by atoms with Crippen molar-refractivity contribution < 1.29 is 24.2 Å². The highest BCUT2D eigenvalue weighted by Crippen LogP contribution is 2.44. The van der Waals surface area contributed by atoms with Crippen LogP contribution in [0.2, 0.25) is 10.0 Å². The minimum Gasteiger partial charge on any atom is -0.496 e. The Labute approximate surface area is 401 Å². The summed E-state index contributed by atoms with van der Waals surface area (Å²) in [6.45, 7) is 15.7. The molecule has 1 saturated heterocycles. The second-order valence-electron chi connectivity index (χ2n) is 17.8. The van der Waals surface area contributed by atoms with Crippen LogP contribution in [-0.4, -0.2) is 112 Å². The zero-order valence-electron chi connectivity index (χ0n) is 39.5. The zero-order valence-corrected chi connectivity index (χ0v) is 41.0. The van der Waals surface area contributed by atoms with E-state index in [-0.39, 0.29) is 18.3 Å². The minimum absolute atomic E-state index is 0.115. The Morgan fingerprint density at radius 3 is 2.27 bits per heavy atom. The van der Waals surface area contributed by atoms with Gasteiger partial charge in [0.05, 0.1) is 59.9 Å². The van der Waals surface area contributed by atoms with Crippen LogP contribution in [0.15, 0.2) is 66.9 Å². The average Bonchev–Trinajstić information content (AvgIpc) is 3.84. The van der Waals surface area contributed by atoms with E-state index in [4.69, 9.17) is 42.6 Å². The van der Waals surface area contributed by atoms with E-state index in [1.54, 1.807) is 23.9 Å². The summed E-state index contributed by atoms with van der Waals surface area (Å²) in [5.74, 6) is 1.01. The topological polar surface area (TPSA) is 131 Å². The van der Waals surface area contributed by atoms with Gasteiger partial charge in [0, 0.05) is 90.3 Å². The number of hydrogen-bond acceptors (Lipinski definition) is 10. The molecule has 0 unspecified atom stereocenters. The third-order valence-electron chi connectivity index (χ3n) is 13.0. The standard InChI is InChI=1S/C52H58Cl2N8O5/c1-31-24-37(25-32(2)49(31)54)67-23-11-13-38-39-14-15-41(53)48(47-34(4)56-46(57-35(47)5)29-60-21-19-58(6)20-22-60)51(39)62(44(38)30-63)33(3)27-59(7)42-16-17-45(66-8)40-26-43(52(64)65)61(50(40)42)28-36-12-9-10-18-55-36/h9-10,12,14-18,24-26,30,33H,11,13,19-23,27-29H2,1-8H3,(H,64,65)/t33-/m1/s1. The van der Waals surface area contributed by atoms with Crippen molar-refractivity contribution in [1.29, 1.82) is 0 Å². The molecule has 0 aliphatic carbocycles. The lowest BCUT2D eigenvalue weighted by Gasteiger charge is -2.32. The second kappa shape index (κ2) is 20.1. The average molecular weight is 946 g/mol. The first kappa shape index (κ1) is 47.5. The number of methoxy groups -OCH3 is 1. The van der Waals surface area contributed by atoms with Crippen molar-refractivity contribution in [2.24, 2.45) is 0 Å². The second-order valence-corrected chi connectivity index (χ2v) is 18.6. The molecule has 1 aliphatic heterocycles. The van der Waals surface area contributed by atoms with Crippen LogP contribution in [0.25, 0.3) is 32.9 Å². The summed E-state index contributed by atoms with van der Waals surface area (Å²) in [4.78, 5) is 48.0. The summed E-state index contributed by atoms with van der Waals surface area (Å²) in [5.41, 5.74) is 9.71. The number of aromatic nitrogens is 5. The van der Waals surface area contributed by atoms with Crippen LogP contribution in [0.5, 0.6) is 11.5 Å². The number of aldehydes is 1. The minimum atomic E-state index is -1.06. The number of carbonyl (C=O) groups excluding carboxylic acids is 1. The van der Waals surface area contributed by atoms with Gasteiger partial charge in [0.15, 0.2) is 6.29 Å². The number of halogens is 2. The molecule has 1 atom stereocenters. The predicted octanol–water partition coefficient (Wildman–Crippen LogP) is 10.0. The summed E-state index contributed by atoms with van der Waals surface area (Å²) < 4.78 is 15.9. The van der Waals surface area contributed by atoms with Crippen LogP contribution in [0.3, 0.4) is 0 Å². The van der Waals surface area contributed by atoms with Crippen molar-refractivity contribution in [3.63, 3.8) is 0 Å². The molecule has 15 heteroatoms. The highest BCUT2D eigenvalue weighted by atomic mass is 35.5. The molecule has 8 rings (SSSR count). The Kier molecular flexibility index (Phi) is 14.2. The number of anilines is 1. The first-order valence-corrected chi connectivity index (χ1v) is 23.4. The van der Waals surface area contributed by atoms with Gasteiger partial charge in [0.25, 0.3) is 0 Å². The summed E-state index contributed by atoms with van der Waals surface area (Å²) >= 11 is 13.8. The van der Waals surface area contributed by atoms with Gasteiger partial charge in [0.1, 0.15) is 23.0 Å². The maximum atomic E-state index is 13.7. The molecule has 0 radical (unpaired) electrons. The van der Waals surface area contributed by atoms with Crippen molar-refractivity contribution in [2.45, 2.75) is 66.6 Å². The van der Waals surface area contributed by atoms with Crippen LogP contribution in [0.4, 0.5) is 5.69 Å². The van der Waals surface area contributed by atoms with E-state index in [2.05, 4.69) is 38.2 Å². The van der Waals surface area contributed by atoms with E-state index in [0.29, 0.717) is 65.6 Å². The number of fused-ring (bicyclic) bond motifs is 2. The first-order valence-electron chi connectivity index (χ1n) is 22.7. The number of aromatic carboxylic acids is 1. The number of benzene rings is 3. The van der Waals surface area contributed by atoms with Crippen LogP contribution >= 0.6 is 23.2 Å². The fourth-order valence-corrected chi connectivity index (χ4v) is 10.2. The number of nitrogens with zero attached hydrogens (tertiary/aromatic N) is 8.